The van der Waals surface area contributed by atoms with Gasteiger partial charge < -0.3 is 15.1 Å². The van der Waals surface area contributed by atoms with Crippen LogP contribution in [0.5, 0.6) is 0 Å². The van der Waals surface area contributed by atoms with Crippen molar-refractivity contribution in [1.29, 1.82) is 0 Å². The second-order valence-corrected chi connectivity index (χ2v) is 11.5. The van der Waals surface area contributed by atoms with Crippen LogP contribution >= 0.6 is 0 Å². The van der Waals surface area contributed by atoms with Gasteiger partial charge in [0.15, 0.2) is 5.82 Å². The Hall–Kier alpha value is -3.41. The maximum atomic E-state index is 14.0. The molecule has 224 valence electrons. The third kappa shape index (κ3) is 6.18. The molecule has 1 atom stereocenters. The number of halogens is 3. The molecule has 3 fully saturated rings. The Morgan fingerprint density at radius 3 is 2.36 bits per heavy atom. The van der Waals surface area contributed by atoms with E-state index in [1.54, 1.807) is 0 Å². The van der Waals surface area contributed by atoms with Crippen molar-refractivity contribution in [3.05, 3.63) is 71.4 Å². The quantitative estimate of drug-likeness (QED) is 0.401. The Morgan fingerprint density at radius 1 is 0.929 bits per heavy atom. The van der Waals surface area contributed by atoms with Crippen LogP contribution in [-0.4, -0.2) is 78.7 Å². The first-order valence-corrected chi connectivity index (χ1v) is 14.7. The van der Waals surface area contributed by atoms with E-state index >= 15 is 0 Å². The van der Waals surface area contributed by atoms with E-state index in [4.69, 9.17) is 4.84 Å². The smallest absolute Gasteiger partial charge is 0.371 e. The van der Waals surface area contributed by atoms with Crippen LogP contribution in [0.3, 0.4) is 0 Å². The van der Waals surface area contributed by atoms with Gasteiger partial charge in [0, 0.05) is 69.3 Å². The number of aryl methyl sites for hydroxylation is 1. The minimum Gasteiger partial charge on any atom is -0.371 e. The lowest BCUT2D eigenvalue weighted by molar-refractivity contribution is -0.138. The predicted molar refractivity (Wildman–Crippen MR) is 158 cm³/mol. The monoisotopic (exact) mass is 581 g/mol. The lowest BCUT2D eigenvalue weighted by atomic mass is 10.0. The Morgan fingerprint density at radius 2 is 1.67 bits per heavy atom. The van der Waals surface area contributed by atoms with Crippen LogP contribution in [0, 0.1) is 6.92 Å². The number of piperazine rings is 1. The highest BCUT2D eigenvalue weighted by Gasteiger charge is 2.40. The van der Waals surface area contributed by atoms with Crippen LogP contribution in [0.2, 0.25) is 0 Å². The maximum Gasteiger partial charge on any atom is 0.421 e. The number of nitrogens with zero attached hydrogens (tertiary/aromatic N) is 6. The molecule has 0 amide bonds. The summed E-state index contributed by atoms with van der Waals surface area (Å²) in [7, 11) is 2.19. The molecule has 3 aliphatic rings. The first-order valence-electron chi connectivity index (χ1n) is 14.7. The van der Waals surface area contributed by atoms with Gasteiger partial charge in [0.25, 0.3) is 0 Å². The molecule has 4 heterocycles. The van der Waals surface area contributed by atoms with Crippen molar-refractivity contribution >= 4 is 23.1 Å². The third-order valence-electron chi connectivity index (χ3n) is 8.68. The van der Waals surface area contributed by atoms with Crippen molar-refractivity contribution in [2.75, 3.05) is 68.2 Å². The fraction of sp³-hybridized carbons (Fsp3) is 0.484. The van der Waals surface area contributed by atoms with Crippen molar-refractivity contribution in [1.82, 2.24) is 19.8 Å². The molecule has 0 bridgehead atoms. The lowest BCUT2D eigenvalue weighted by Gasteiger charge is -2.43. The van der Waals surface area contributed by atoms with Crippen LogP contribution in [-0.2, 0) is 11.0 Å². The van der Waals surface area contributed by atoms with Gasteiger partial charge in [0.2, 0.25) is 5.95 Å². The zero-order chi connectivity index (χ0) is 29.3. The van der Waals surface area contributed by atoms with E-state index in [0.29, 0.717) is 19.1 Å². The minimum atomic E-state index is -4.63. The summed E-state index contributed by atoms with van der Waals surface area (Å²) in [4.78, 5) is 21.5. The number of piperidine rings is 1. The van der Waals surface area contributed by atoms with Crippen molar-refractivity contribution < 1.29 is 18.0 Å². The molecule has 0 saturated carbocycles. The van der Waals surface area contributed by atoms with E-state index in [1.165, 1.54) is 10.8 Å². The van der Waals surface area contributed by atoms with Crippen LogP contribution in [0.25, 0.3) is 0 Å². The highest BCUT2D eigenvalue weighted by Crippen LogP contribution is 2.42. The number of hydrogen-bond acceptors (Lipinski definition) is 8. The molecule has 0 radical (unpaired) electrons. The number of alkyl halides is 3. The molecule has 1 aromatic heterocycles. The number of aromatic nitrogens is 2. The van der Waals surface area contributed by atoms with Gasteiger partial charge in [-0.3, -0.25) is 9.74 Å². The highest BCUT2D eigenvalue weighted by atomic mass is 19.4. The number of likely N-dealkylation sites (N-methyl/N-ethyl adjacent to an activating group) is 1. The van der Waals surface area contributed by atoms with Gasteiger partial charge in [-0.05, 0) is 56.1 Å². The SMILES string of the molecule is Cc1cc(Nc2ncc(C(F)(F)F)c(N3OCCC3c3ccccc3)n2)ccc1N1CCC(N2CCN(C)CC2)CC1. The summed E-state index contributed by atoms with van der Waals surface area (Å²) in [6, 6.07) is 15.7. The Labute approximate surface area is 245 Å². The van der Waals surface area contributed by atoms with E-state index in [0.717, 1.165) is 75.1 Å². The predicted octanol–water partition coefficient (Wildman–Crippen LogP) is 5.65. The van der Waals surface area contributed by atoms with Gasteiger partial charge in [-0.15, -0.1) is 0 Å². The summed E-state index contributed by atoms with van der Waals surface area (Å²) >= 11 is 0. The molecule has 6 rings (SSSR count). The average molecular weight is 582 g/mol. The van der Waals surface area contributed by atoms with Gasteiger partial charge in [0.1, 0.15) is 5.56 Å². The summed E-state index contributed by atoms with van der Waals surface area (Å²) in [5.41, 5.74) is 2.94. The molecule has 3 aliphatic heterocycles. The number of benzene rings is 2. The number of hydrogen-bond donors (Lipinski definition) is 1. The van der Waals surface area contributed by atoms with Crippen LogP contribution in [0.4, 0.5) is 36.3 Å². The van der Waals surface area contributed by atoms with Gasteiger partial charge in [-0.2, -0.15) is 18.2 Å². The van der Waals surface area contributed by atoms with Crippen LogP contribution in [0.15, 0.2) is 54.7 Å². The zero-order valence-corrected chi connectivity index (χ0v) is 24.1. The fourth-order valence-electron chi connectivity index (χ4n) is 6.33. The van der Waals surface area contributed by atoms with E-state index in [1.807, 2.05) is 42.5 Å². The van der Waals surface area contributed by atoms with Crippen LogP contribution < -0.4 is 15.3 Å². The first-order chi connectivity index (χ1) is 20.3. The van der Waals surface area contributed by atoms with Crippen LogP contribution in [0.1, 0.15) is 42.0 Å². The van der Waals surface area contributed by atoms with E-state index in [-0.39, 0.29) is 17.8 Å². The number of anilines is 4. The molecule has 2 aromatic carbocycles. The minimum absolute atomic E-state index is 0.0838. The number of hydroxylamine groups is 1. The standard InChI is InChI=1S/C31H38F3N7O/c1-22-20-24(8-9-27(22)40-13-10-25(11-14-40)39-17-15-38(2)16-18-39)36-30-35-21-26(31(32,33)34)29(37-30)41-28(12-19-42-41)23-6-4-3-5-7-23/h3-9,20-21,25,28H,10-19H2,1-2H3,(H,35,36,37). The molecule has 3 saturated heterocycles. The Balaban J connectivity index is 1.17. The second-order valence-electron chi connectivity index (χ2n) is 11.5. The summed E-state index contributed by atoms with van der Waals surface area (Å²) in [6.45, 7) is 8.94. The Bertz CT molecular complexity index is 1360. The zero-order valence-electron chi connectivity index (χ0n) is 24.1. The number of nitrogens with one attached hydrogen (secondary N) is 1. The maximum absolute atomic E-state index is 14.0. The van der Waals surface area contributed by atoms with E-state index in [9.17, 15) is 13.2 Å². The summed E-state index contributed by atoms with van der Waals surface area (Å²) in [6.07, 6.45) is -0.944. The van der Waals surface area contributed by atoms with E-state index < -0.39 is 11.7 Å². The normalized spacial score (nSPS) is 21.2. The van der Waals surface area contributed by atoms with Crippen molar-refractivity contribution in [2.24, 2.45) is 0 Å². The molecular weight excluding hydrogens is 543 g/mol. The molecule has 0 aliphatic carbocycles. The molecule has 42 heavy (non-hydrogen) atoms. The molecular formula is C31H38F3N7O. The molecule has 1 N–H and O–H groups in total. The number of rotatable bonds is 6. The fourth-order valence-corrected chi connectivity index (χ4v) is 6.33. The van der Waals surface area contributed by atoms with Crippen molar-refractivity contribution in [2.45, 2.75) is 44.4 Å². The molecule has 3 aromatic rings. The average Bonchev–Trinajstić information content (AvgIpc) is 3.48. The molecule has 1 unspecified atom stereocenters. The molecule has 11 heteroatoms. The highest BCUT2D eigenvalue weighted by molar-refractivity contribution is 5.64. The summed E-state index contributed by atoms with van der Waals surface area (Å²) < 4.78 is 42.1. The topological polar surface area (TPSA) is 60.0 Å². The van der Waals surface area contributed by atoms with Gasteiger partial charge in [-0.1, -0.05) is 30.3 Å². The van der Waals surface area contributed by atoms with Gasteiger partial charge in [0.05, 0.1) is 12.6 Å². The summed E-state index contributed by atoms with van der Waals surface area (Å²) in [5, 5.41) is 4.41. The second kappa shape index (κ2) is 12.1. The van der Waals surface area contributed by atoms with Gasteiger partial charge in [-0.25, -0.2) is 10.0 Å². The summed E-state index contributed by atoms with van der Waals surface area (Å²) in [5.74, 6) is -0.205. The Kier molecular flexibility index (Phi) is 8.24. The third-order valence-corrected chi connectivity index (χ3v) is 8.68. The van der Waals surface area contributed by atoms with E-state index in [2.05, 4.69) is 50.0 Å². The van der Waals surface area contributed by atoms with Crippen molar-refractivity contribution in [3.8, 4) is 0 Å². The van der Waals surface area contributed by atoms with Gasteiger partial charge >= 0.3 is 6.18 Å². The first kappa shape index (κ1) is 28.7. The molecule has 0 spiro atoms. The largest absolute Gasteiger partial charge is 0.421 e. The lowest BCUT2D eigenvalue weighted by Crippen LogP contribution is -2.52. The van der Waals surface area contributed by atoms with Crippen molar-refractivity contribution in [3.63, 3.8) is 0 Å². The molecule has 8 nitrogen and oxygen atoms in total.